The van der Waals surface area contributed by atoms with Crippen LogP contribution in [0.2, 0.25) is 0 Å². The first-order valence-electron chi connectivity index (χ1n) is 6.70. The predicted molar refractivity (Wildman–Crippen MR) is 81.0 cm³/mol. The third-order valence-electron chi connectivity index (χ3n) is 3.75. The maximum atomic E-state index is 11.2. The fraction of sp³-hybridized carbons (Fsp3) is 0.571. The van der Waals surface area contributed by atoms with Crippen molar-refractivity contribution >= 4 is 27.3 Å². The molecule has 0 aliphatic carbocycles. The number of hydrogen-bond donors (Lipinski definition) is 0. The number of nitro groups is 1. The molecule has 4 nitrogen and oxygen atoms in total. The molecule has 1 aliphatic heterocycles. The molecule has 0 radical (unpaired) electrons. The summed E-state index contributed by atoms with van der Waals surface area (Å²) in [6.45, 7) is 4.08. The zero-order valence-corrected chi connectivity index (χ0v) is 12.7. The van der Waals surface area contributed by atoms with Crippen LogP contribution >= 0.6 is 15.9 Å². The third kappa shape index (κ3) is 3.47. The first-order valence-corrected chi connectivity index (χ1v) is 7.82. The topological polar surface area (TPSA) is 46.4 Å². The number of rotatable bonds is 3. The van der Waals surface area contributed by atoms with Crippen LogP contribution < -0.4 is 4.90 Å². The Kier molecular flexibility index (Phi) is 4.80. The van der Waals surface area contributed by atoms with Gasteiger partial charge in [0.2, 0.25) is 0 Å². The molecule has 0 spiro atoms. The van der Waals surface area contributed by atoms with Crippen molar-refractivity contribution in [3.8, 4) is 0 Å². The van der Waals surface area contributed by atoms with Crippen LogP contribution in [0.15, 0.2) is 18.2 Å². The van der Waals surface area contributed by atoms with Crippen LogP contribution in [0.4, 0.5) is 11.4 Å². The molecule has 2 rings (SSSR count). The van der Waals surface area contributed by atoms with E-state index < -0.39 is 0 Å². The predicted octanol–water partition coefficient (Wildman–Crippen LogP) is 4.12. The van der Waals surface area contributed by atoms with Crippen LogP contribution in [-0.2, 0) is 5.33 Å². The van der Waals surface area contributed by atoms with Gasteiger partial charge in [-0.15, -0.1) is 0 Å². The number of nitro benzene ring substituents is 1. The van der Waals surface area contributed by atoms with Gasteiger partial charge in [0.25, 0.3) is 5.69 Å². The molecule has 0 N–H and O–H groups in total. The van der Waals surface area contributed by atoms with Crippen molar-refractivity contribution in [3.05, 3.63) is 33.9 Å². The van der Waals surface area contributed by atoms with Gasteiger partial charge in [-0.3, -0.25) is 10.1 Å². The zero-order chi connectivity index (χ0) is 13.8. The zero-order valence-electron chi connectivity index (χ0n) is 11.1. The van der Waals surface area contributed by atoms with Gasteiger partial charge in [0.05, 0.1) is 4.92 Å². The number of benzene rings is 1. The van der Waals surface area contributed by atoms with Crippen LogP contribution in [0.1, 0.15) is 31.7 Å². The first kappa shape index (κ1) is 14.3. The van der Waals surface area contributed by atoms with Crippen LogP contribution in [0.25, 0.3) is 0 Å². The lowest BCUT2D eigenvalue weighted by Crippen LogP contribution is -2.25. The molecule has 1 aromatic carbocycles. The lowest BCUT2D eigenvalue weighted by molar-refractivity contribution is -0.384. The molecule has 104 valence electrons. The summed E-state index contributed by atoms with van der Waals surface area (Å²) in [5.41, 5.74) is 1.94. The van der Waals surface area contributed by atoms with E-state index in [9.17, 15) is 10.1 Å². The van der Waals surface area contributed by atoms with Crippen LogP contribution in [0, 0.1) is 16.0 Å². The van der Waals surface area contributed by atoms with Gasteiger partial charge >= 0.3 is 0 Å². The highest BCUT2D eigenvalue weighted by molar-refractivity contribution is 9.08. The van der Waals surface area contributed by atoms with Gasteiger partial charge in [-0.1, -0.05) is 28.9 Å². The number of hydrogen-bond acceptors (Lipinski definition) is 3. The smallest absolute Gasteiger partial charge is 0.292 e. The van der Waals surface area contributed by atoms with E-state index in [0.717, 1.165) is 37.2 Å². The molecule has 1 unspecified atom stereocenters. The number of alkyl halides is 1. The largest absolute Gasteiger partial charge is 0.366 e. The fourth-order valence-electron chi connectivity index (χ4n) is 2.57. The average Bonchev–Trinajstić information content (AvgIpc) is 2.62. The summed E-state index contributed by atoms with van der Waals surface area (Å²) in [4.78, 5) is 13.1. The Labute approximate surface area is 122 Å². The Morgan fingerprint density at radius 1 is 1.42 bits per heavy atom. The Hall–Kier alpha value is -1.10. The molecular formula is C14H19BrN2O2. The van der Waals surface area contributed by atoms with Crippen molar-refractivity contribution < 1.29 is 4.92 Å². The van der Waals surface area contributed by atoms with Crippen molar-refractivity contribution in [2.45, 2.75) is 31.5 Å². The van der Waals surface area contributed by atoms with E-state index in [0.29, 0.717) is 11.2 Å². The summed E-state index contributed by atoms with van der Waals surface area (Å²) < 4.78 is 0. The second-order valence-electron chi connectivity index (χ2n) is 5.24. The molecule has 0 amide bonds. The summed E-state index contributed by atoms with van der Waals surface area (Å²) in [6, 6.07) is 5.54. The highest BCUT2D eigenvalue weighted by Gasteiger charge is 2.22. The molecule has 19 heavy (non-hydrogen) atoms. The van der Waals surface area contributed by atoms with Crippen LogP contribution in [0.5, 0.6) is 0 Å². The second-order valence-corrected chi connectivity index (χ2v) is 5.80. The summed E-state index contributed by atoms with van der Waals surface area (Å²) in [5, 5.41) is 11.9. The van der Waals surface area contributed by atoms with E-state index in [4.69, 9.17) is 0 Å². The molecule has 1 fully saturated rings. The van der Waals surface area contributed by atoms with Crippen molar-refractivity contribution in [3.63, 3.8) is 0 Å². The minimum Gasteiger partial charge on any atom is -0.366 e. The van der Waals surface area contributed by atoms with Gasteiger partial charge in [0, 0.05) is 24.5 Å². The van der Waals surface area contributed by atoms with Crippen molar-refractivity contribution in [1.29, 1.82) is 0 Å². The van der Waals surface area contributed by atoms with Crippen LogP contribution in [-0.4, -0.2) is 18.0 Å². The van der Waals surface area contributed by atoms with Crippen molar-refractivity contribution in [1.82, 2.24) is 0 Å². The van der Waals surface area contributed by atoms with Gasteiger partial charge < -0.3 is 4.90 Å². The number of halogens is 1. The maximum Gasteiger partial charge on any atom is 0.292 e. The van der Waals surface area contributed by atoms with E-state index in [2.05, 4.69) is 27.8 Å². The second kappa shape index (κ2) is 6.37. The van der Waals surface area contributed by atoms with Gasteiger partial charge in [-0.05, 0) is 36.8 Å². The monoisotopic (exact) mass is 326 g/mol. The molecule has 0 aromatic heterocycles. The SMILES string of the molecule is CC1CCCN(c2ccc(CBr)cc2[N+](=O)[O-])CC1. The molecule has 1 saturated heterocycles. The average molecular weight is 327 g/mol. The van der Waals surface area contributed by atoms with Gasteiger partial charge in [0.1, 0.15) is 5.69 Å². The van der Waals surface area contributed by atoms with Gasteiger partial charge in [-0.2, -0.15) is 0 Å². The van der Waals surface area contributed by atoms with E-state index in [1.54, 1.807) is 6.07 Å². The van der Waals surface area contributed by atoms with Gasteiger partial charge in [0.15, 0.2) is 0 Å². The van der Waals surface area contributed by atoms with E-state index in [-0.39, 0.29) is 10.6 Å². The molecule has 1 heterocycles. The third-order valence-corrected chi connectivity index (χ3v) is 4.40. The number of anilines is 1. The Morgan fingerprint density at radius 3 is 2.89 bits per heavy atom. The van der Waals surface area contributed by atoms with Gasteiger partial charge in [-0.25, -0.2) is 0 Å². The molecule has 1 aliphatic rings. The minimum atomic E-state index is -0.268. The standard InChI is InChI=1S/C14H19BrN2O2/c1-11-3-2-7-16(8-6-11)13-5-4-12(10-15)9-14(13)17(18)19/h4-5,9,11H,2-3,6-8,10H2,1H3. The van der Waals surface area contributed by atoms with Crippen LogP contribution in [0.3, 0.4) is 0 Å². The molecular weight excluding hydrogens is 308 g/mol. The Morgan fingerprint density at radius 2 is 2.21 bits per heavy atom. The Bertz CT molecular complexity index is 465. The van der Waals surface area contributed by atoms with Crippen molar-refractivity contribution in [2.75, 3.05) is 18.0 Å². The van der Waals surface area contributed by atoms with E-state index in [1.165, 1.54) is 6.42 Å². The first-order chi connectivity index (χ1) is 9.11. The summed E-state index contributed by atoms with van der Waals surface area (Å²) >= 11 is 3.35. The van der Waals surface area contributed by atoms with Crippen molar-refractivity contribution in [2.24, 2.45) is 5.92 Å². The fourth-order valence-corrected chi connectivity index (χ4v) is 2.92. The highest BCUT2D eigenvalue weighted by Crippen LogP contribution is 2.32. The molecule has 5 heteroatoms. The lowest BCUT2D eigenvalue weighted by Gasteiger charge is -2.22. The maximum absolute atomic E-state index is 11.2. The Balaban J connectivity index is 2.30. The molecule has 1 aromatic rings. The minimum absolute atomic E-state index is 0.228. The highest BCUT2D eigenvalue weighted by atomic mass is 79.9. The summed E-state index contributed by atoms with van der Waals surface area (Å²) in [7, 11) is 0. The number of nitrogens with zero attached hydrogens (tertiary/aromatic N) is 2. The summed E-state index contributed by atoms with van der Waals surface area (Å²) in [5.74, 6) is 0.714. The quantitative estimate of drug-likeness (QED) is 0.477. The molecule has 0 saturated carbocycles. The summed E-state index contributed by atoms with van der Waals surface area (Å²) in [6.07, 6.45) is 3.43. The lowest BCUT2D eigenvalue weighted by atomic mass is 10.0. The van der Waals surface area contributed by atoms with E-state index in [1.807, 2.05) is 12.1 Å². The normalized spacial score (nSPS) is 20.1. The molecule has 1 atom stereocenters. The molecule has 0 bridgehead atoms. The van der Waals surface area contributed by atoms with E-state index >= 15 is 0 Å².